The third-order valence-corrected chi connectivity index (χ3v) is 5.75. The summed E-state index contributed by atoms with van der Waals surface area (Å²) in [5.74, 6) is -0.621. The van der Waals surface area contributed by atoms with Gasteiger partial charge in [0.05, 0.1) is 4.90 Å². The summed E-state index contributed by atoms with van der Waals surface area (Å²) >= 11 is 11.7. The van der Waals surface area contributed by atoms with Crippen LogP contribution in [-0.2, 0) is 10.0 Å². The van der Waals surface area contributed by atoms with Crippen LogP contribution in [0.2, 0.25) is 10.0 Å². The molecule has 0 aliphatic rings. The fraction of sp³-hybridized carbons (Fsp3) is 0. The number of halogens is 2. The normalized spacial score (nSPS) is 11.8. The Bertz CT molecular complexity index is 1310. The number of para-hydroxylation sites is 1. The highest BCUT2D eigenvalue weighted by Gasteiger charge is 2.18. The largest absolute Gasteiger partial charge is 0.456 e. The number of amides is 1. The van der Waals surface area contributed by atoms with Gasteiger partial charge in [-0.15, -0.1) is 4.83 Å². The molecule has 3 aromatic carbocycles. The SMILES string of the molecule is O=C(NNS(=O)(=O)c1cc(Cl)cc(Cl)c1)c1ccc2oc3ccccc3c2c1. The lowest BCUT2D eigenvalue weighted by Gasteiger charge is -2.09. The van der Waals surface area contributed by atoms with Gasteiger partial charge >= 0.3 is 0 Å². The maximum atomic E-state index is 12.4. The molecule has 1 aromatic heterocycles. The van der Waals surface area contributed by atoms with E-state index >= 15 is 0 Å². The van der Waals surface area contributed by atoms with E-state index < -0.39 is 15.9 Å². The van der Waals surface area contributed by atoms with Gasteiger partial charge in [-0.3, -0.25) is 10.2 Å². The molecule has 0 aliphatic heterocycles. The number of fused-ring (bicyclic) bond motifs is 3. The van der Waals surface area contributed by atoms with E-state index in [0.29, 0.717) is 11.2 Å². The van der Waals surface area contributed by atoms with Gasteiger partial charge in [0.25, 0.3) is 15.9 Å². The highest BCUT2D eigenvalue weighted by molar-refractivity contribution is 7.89. The molecule has 6 nitrogen and oxygen atoms in total. The minimum absolute atomic E-state index is 0.163. The lowest BCUT2D eigenvalue weighted by atomic mass is 10.1. The molecule has 0 unspecified atom stereocenters. The molecule has 4 rings (SSSR count). The Balaban J connectivity index is 1.59. The maximum Gasteiger partial charge on any atom is 0.266 e. The number of benzene rings is 3. The van der Waals surface area contributed by atoms with Crippen molar-refractivity contribution in [3.8, 4) is 0 Å². The Kier molecular flexibility index (Phi) is 4.76. The van der Waals surface area contributed by atoms with Gasteiger partial charge in [0.2, 0.25) is 0 Å². The van der Waals surface area contributed by atoms with Crippen LogP contribution in [0.4, 0.5) is 0 Å². The zero-order valence-electron chi connectivity index (χ0n) is 14.1. The van der Waals surface area contributed by atoms with E-state index in [2.05, 4.69) is 5.43 Å². The fourth-order valence-corrected chi connectivity index (χ4v) is 4.36. The highest BCUT2D eigenvalue weighted by atomic mass is 35.5. The van der Waals surface area contributed by atoms with Crippen LogP contribution in [-0.4, -0.2) is 14.3 Å². The molecule has 1 heterocycles. The van der Waals surface area contributed by atoms with Crippen molar-refractivity contribution in [1.82, 2.24) is 10.3 Å². The van der Waals surface area contributed by atoms with Crippen LogP contribution in [0.1, 0.15) is 10.4 Å². The molecule has 0 atom stereocenters. The number of nitrogens with one attached hydrogen (secondary N) is 2. The number of hydrogen-bond acceptors (Lipinski definition) is 4. The van der Waals surface area contributed by atoms with Crippen LogP contribution in [0.15, 0.2) is 70.0 Å². The topological polar surface area (TPSA) is 88.4 Å². The second-order valence-electron chi connectivity index (χ2n) is 5.97. The van der Waals surface area contributed by atoms with Crippen molar-refractivity contribution in [2.75, 3.05) is 0 Å². The predicted molar refractivity (Wildman–Crippen MR) is 108 cm³/mol. The van der Waals surface area contributed by atoms with Crippen LogP contribution < -0.4 is 10.3 Å². The van der Waals surface area contributed by atoms with Gasteiger partial charge in [-0.05, 0) is 42.5 Å². The fourth-order valence-electron chi connectivity index (χ4n) is 2.80. The molecular formula is C19H12Cl2N2O4S. The lowest BCUT2D eigenvalue weighted by molar-refractivity contribution is 0.0945. The summed E-state index contributed by atoms with van der Waals surface area (Å²) in [5, 5.41) is 1.95. The van der Waals surface area contributed by atoms with Crippen molar-refractivity contribution in [3.63, 3.8) is 0 Å². The highest BCUT2D eigenvalue weighted by Crippen LogP contribution is 2.29. The Hall–Kier alpha value is -2.58. The Labute approximate surface area is 170 Å². The van der Waals surface area contributed by atoms with E-state index in [1.807, 2.05) is 29.1 Å². The standard InChI is InChI=1S/C19H12Cl2N2O4S/c20-12-8-13(21)10-14(9-12)28(25,26)23-22-19(24)11-5-6-18-16(7-11)15-3-1-2-4-17(15)27-18/h1-10,23H,(H,22,24). The van der Waals surface area contributed by atoms with E-state index in [4.69, 9.17) is 27.6 Å². The Morgan fingerprint density at radius 2 is 1.54 bits per heavy atom. The first kappa shape index (κ1) is 18.8. The maximum absolute atomic E-state index is 12.4. The minimum atomic E-state index is -4.04. The minimum Gasteiger partial charge on any atom is -0.456 e. The van der Waals surface area contributed by atoms with Crippen molar-refractivity contribution >= 4 is 61.1 Å². The Morgan fingerprint density at radius 3 is 2.29 bits per heavy atom. The second-order valence-corrected chi connectivity index (χ2v) is 8.53. The van der Waals surface area contributed by atoms with Gasteiger partial charge in [-0.1, -0.05) is 41.4 Å². The average molecular weight is 435 g/mol. The van der Waals surface area contributed by atoms with Crippen molar-refractivity contribution in [2.24, 2.45) is 0 Å². The van der Waals surface area contributed by atoms with Crippen molar-refractivity contribution < 1.29 is 17.6 Å². The molecule has 2 N–H and O–H groups in total. The summed E-state index contributed by atoms with van der Waals surface area (Å²) in [4.78, 5) is 14.3. The molecule has 0 saturated heterocycles. The Morgan fingerprint density at radius 1 is 0.857 bits per heavy atom. The van der Waals surface area contributed by atoms with Crippen LogP contribution in [0, 0.1) is 0 Å². The summed E-state index contributed by atoms with van der Waals surface area (Å²) in [6.45, 7) is 0. The average Bonchev–Trinajstić information content (AvgIpc) is 3.03. The molecule has 1 amide bonds. The molecular weight excluding hydrogens is 423 g/mol. The first-order chi connectivity index (χ1) is 13.3. The van der Waals surface area contributed by atoms with Crippen LogP contribution in [0.5, 0.6) is 0 Å². The van der Waals surface area contributed by atoms with E-state index in [9.17, 15) is 13.2 Å². The van der Waals surface area contributed by atoms with Crippen molar-refractivity contribution in [3.05, 3.63) is 76.3 Å². The molecule has 28 heavy (non-hydrogen) atoms. The van der Waals surface area contributed by atoms with Crippen molar-refractivity contribution in [2.45, 2.75) is 4.90 Å². The van der Waals surface area contributed by atoms with Crippen LogP contribution >= 0.6 is 23.2 Å². The molecule has 0 bridgehead atoms. The number of hydrazine groups is 1. The molecule has 0 saturated carbocycles. The third kappa shape index (κ3) is 3.57. The first-order valence-electron chi connectivity index (χ1n) is 8.03. The predicted octanol–water partition coefficient (Wildman–Crippen LogP) is 4.52. The first-order valence-corrected chi connectivity index (χ1v) is 10.3. The van der Waals surface area contributed by atoms with Gasteiger partial charge in [0.15, 0.2) is 0 Å². The molecule has 0 fully saturated rings. The molecule has 0 spiro atoms. The second kappa shape index (κ2) is 7.10. The summed E-state index contributed by atoms with van der Waals surface area (Å²) in [7, 11) is -4.04. The van der Waals surface area contributed by atoms with Gasteiger partial charge in [-0.25, -0.2) is 8.42 Å². The van der Waals surface area contributed by atoms with Gasteiger partial charge in [-0.2, -0.15) is 0 Å². The van der Waals surface area contributed by atoms with Crippen LogP contribution in [0.25, 0.3) is 21.9 Å². The zero-order chi connectivity index (χ0) is 19.9. The smallest absolute Gasteiger partial charge is 0.266 e. The summed E-state index contributed by atoms with van der Waals surface area (Å²) in [5.41, 5.74) is 3.79. The zero-order valence-corrected chi connectivity index (χ0v) is 16.4. The van der Waals surface area contributed by atoms with Crippen LogP contribution in [0.3, 0.4) is 0 Å². The quantitative estimate of drug-likeness (QED) is 0.462. The van der Waals surface area contributed by atoms with Gasteiger partial charge in [0, 0.05) is 26.4 Å². The van der Waals surface area contributed by atoms with E-state index in [0.717, 1.165) is 10.8 Å². The number of carbonyl (C=O) groups excluding carboxylic acids is 1. The molecule has 142 valence electrons. The lowest BCUT2D eigenvalue weighted by Crippen LogP contribution is -2.41. The summed E-state index contributed by atoms with van der Waals surface area (Å²) in [6, 6.07) is 16.2. The number of carbonyl (C=O) groups is 1. The number of sulfonamides is 1. The van der Waals surface area contributed by atoms with Crippen molar-refractivity contribution in [1.29, 1.82) is 0 Å². The van der Waals surface area contributed by atoms with E-state index in [1.54, 1.807) is 18.2 Å². The van der Waals surface area contributed by atoms with E-state index in [1.165, 1.54) is 18.2 Å². The molecule has 4 aromatic rings. The summed E-state index contributed by atoms with van der Waals surface area (Å²) < 4.78 is 30.4. The number of hydrogen-bond donors (Lipinski definition) is 2. The number of furan rings is 1. The third-order valence-electron chi connectivity index (χ3n) is 4.08. The van der Waals surface area contributed by atoms with E-state index in [-0.39, 0.29) is 20.5 Å². The molecule has 0 aliphatic carbocycles. The molecule has 0 radical (unpaired) electrons. The monoisotopic (exact) mass is 434 g/mol. The van der Waals surface area contributed by atoms with Gasteiger partial charge in [0.1, 0.15) is 11.2 Å². The molecule has 9 heteroatoms. The summed E-state index contributed by atoms with van der Waals surface area (Å²) in [6.07, 6.45) is 0. The van der Waals surface area contributed by atoms with Gasteiger partial charge < -0.3 is 4.42 Å². The number of rotatable bonds is 4.